The molecule has 2 fully saturated rings. The van der Waals surface area contributed by atoms with Gasteiger partial charge >= 0.3 is 0 Å². The van der Waals surface area contributed by atoms with E-state index >= 15 is 4.39 Å². The summed E-state index contributed by atoms with van der Waals surface area (Å²) in [6, 6.07) is 9.44. The van der Waals surface area contributed by atoms with Crippen LogP contribution < -0.4 is 25.8 Å². The molecule has 2 aromatic carbocycles. The molecule has 314 valence electrons. The van der Waals surface area contributed by atoms with Gasteiger partial charge in [-0.15, -0.1) is 0 Å². The summed E-state index contributed by atoms with van der Waals surface area (Å²) in [5.41, 5.74) is 7.18. The molecular weight excluding hydrogens is 795 g/mol. The van der Waals surface area contributed by atoms with Crippen molar-refractivity contribution < 1.29 is 18.4 Å². The Bertz CT molecular complexity index is 3090. The molecule has 8 heterocycles. The number of carbonyl (C=O) groups excluding carboxylic acids is 2. The number of hydrogen-bond acceptors (Lipinski definition) is 12. The van der Waals surface area contributed by atoms with E-state index in [0.717, 1.165) is 36.7 Å². The number of carbonyl (C=O) groups is 2. The molecule has 0 bridgehead atoms. The highest BCUT2D eigenvalue weighted by Gasteiger charge is 2.33. The number of pyridine rings is 2. The zero-order valence-electron chi connectivity index (χ0n) is 34.4. The number of aryl methyl sites for hydroxylation is 2. The Morgan fingerprint density at radius 2 is 1.29 bits per heavy atom. The third-order valence-corrected chi connectivity index (χ3v) is 11.8. The van der Waals surface area contributed by atoms with Crippen LogP contribution in [0.1, 0.15) is 43.8 Å². The first-order valence-electron chi connectivity index (χ1n) is 20.3. The van der Waals surface area contributed by atoms with Gasteiger partial charge in [-0.1, -0.05) is 0 Å². The molecule has 6 aromatic heterocycles. The normalized spacial score (nSPS) is 16.1. The van der Waals surface area contributed by atoms with Gasteiger partial charge in [0.1, 0.15) is 22.1 Å². The predicted molar refractivity (Wildman–Crippen MR) is 232 cm³/mol. The van der Waals surface area contributed by atoms with Crippen LogP contribution in [-0.2, 0) is 0 Å². The van der Waals surface area contributed by atoms with E-state index < -0.39 is 23.4 Å². The summed E-state index contributed by atoms with van der Waals surface area (Å²) in [6.07, 6.45) is 11.3. The van der Waals surface area contributed by atoms with Gasteiger partial charge in [-0.25, -0.2) is 18.7 Å². The maximum atomic E-state index is 16.0. The molecule has 2 amide bonds. The molecule has 2 aliphatic rings. The van der Waals surface area contributed by atoms with E-state index in [-0.39, 0.29) is 34.3 Å². The number of piperazine rings is 1. The van der Waals surface area contributed by atoms with E-state index in [9.17, 15) is 14.0 Å². The number of fused-ring (bicyclic) bond motifs is 4. The largest absolute Gasteiger partial charge is 0.369 e. The van der Waals surface area contributed by atoms with Crippen molar-refractivity contribution in [2.24, 2.45) is 5.92 Å². The Labute approximate surface area is 353 Å². The lowest BCUT2D eigenvalue weighted by atomic mass is 9.98. The van der Waals surface area contributed by atoms with Crippen molar-refractivity contribution in [1.82, 2.24) is 48.9 Å². The number of nitrogens with zero attached hydrogens (tertiary/aromatic N) is 11. The quantitative estimate of drug-likeness (QED) is 0.169. The van der Waals surface area contributed by atoms with Crippen LogP contribution >= 0.6 is 0 Å². The third-order valence-electron chi connectivity index (χ3n) is 11.8. The van der Waals surface area contributed by atoms with Gasteiger partial charge in [-0.3, -0.25) is 38.8 Å². The SMILES string of the molecule is CNCC1CN(c2ccc(C(=O)Nc3cc(F)c4nc(C)c(C5CN(c6ccc(C(=O)Nc7cc(F)c8nc(C)cn8c7)c7nccnc67)CCN5C)n4c3)c3nccnc23)C1. The fraction of sp³-hybridized carbons (Fsp3) is 0.273. The first-order chi connectivity index (χ1) is 30.0. The first-order valence-corrected chi connectivity index (χ1v) is 20.3. The van der Waals surface area contributed by atoms with Crippen LogP contribution in [-0.4, -0.2) is 109 Å². The molecule has 1 unspecified atom stereocenters. The average Bonchev–Trinajstić information content (AvgIpc) is 3.80. The number of anilines is 4. The summed E-state index contributed by atoms with van der Waals surface area (Å²) < 4.78 is 34.1. The van der Waals surface area contributed by atoms with Gasteiger partial charge in [0.2, 0.25) is 0 Å². The summed E-state index contributed by atoms with van der Waals surface area (Å²) in [4.78, 5) is 61.4. The Morgan fingerprint density at radius 1 is 0.710 bits per heavy atom. The van der Waals surface area contributed by atoms with Crippen LogP contribution in [0.15, 0.2) is 79.8 Å². The van der Waals surface area contributed by atoms with Crippen LogP contribution in [0.25, 0.3) is 33.4 Å². The zero-order chi connectivity index (χ0) is 42.8. The van der Waals surface area contributed by atoms with Crippen LogP contribution in [0.3, 0.4) is 0 Å². The monoisotopic (exact) mass is 836 g/mol. The van der Waals surface area contributed by atoms with Gasteiger partial charge in [0.15, 0.2) is 22.9 Å². The number of likely N-dealkylation sites (N-methyl/N-ethyl adjacent to an activating group) is 1. The third kappa shape index (κ3) is 6.76. The standard InChI is InChI=1S/C44H42F2N14O2/c1-24-18-59-21-27(15-31(45)41(59)52-24)54-43(61)29-5-7-33(38-36(29)48-9-11-50-38)57-14-13-56(4)35(23-57)40-25(2)53-42-32(46)16-28(22-60(40)42)55-44(62)30-6-8-34(39-37(30)49-10-12-51-39)58-19-26(20-58)17-47-3/h5-12,15-16,18,21-22,26,35,47H,13-14,17,19-20,23H2,1-4H3,(H,54,61)(H,55,62). The second kappa shape index (κ2) is 15.4. The Hall–Kier alpha value is -7.18. The number of benzene rings is 2. The van der Waals surface area contributed by atoms with Gasteiger partial charge in [0.05, 0.1) is 57.0 Å². The number of nitrogens with one attached hydrogen (secondary N) is 3. The van der Waals surface area contributed by atoms with E-state index in [0.29, 0.717) is 64.6 Å². The van der Waals surface area contributed by atoms with E-state index in [4.69, 9.17) is 0 Å². The van der Waals surface area contributed by atoms with E-state index in [1.165, 1.54) is 22.7 Å². The molecule has 3 N–H and O–H groups in total. The minimum absolute atomic E-state index is 0.140. The van der Waals surface area contributed by atoms with Crippen molar-refractivity contribution in [1.29, 1.82) is 0 Å². The molecule has 2 aliphatic heterocycles. The smallest absolute Gasteiger partial charge is 0.257 e. The topological polar surface area (TPSA) is 166 Å². The highest BCUT2D eigenvalue weighted by Crippen LogP contribution is 2.36. The molecule has 0 saturated carbocycles. The molecule has 18 heteroatoms. The number of amides is 2. The van der Waals surface area contributed by atoms with E-state index in [2.05, 4.69) is 60.6 Å². The van der Waals surface area contributed by atoms with E-state index in [1.54, 1.807) is 60.6 Å². The fourth-order valence-electron chi connectivity index (χ4n) is 8.88. The number of imidazole rings is 2. The first kappa shape index (κ1) is 39.0. The lowest BCUT2D eigenvalue weighted by Crippen LogP contribution is -2.50. The van der Waals surface area contributed by atoms with Crippen molar-refractivity contribution in [3.8, 4) is 0 Å². The molecule has 16 nitrogen and oxygen atoms in total. The van der Waals surface area contributed by atoms with Crippen LogP contribution in [0.5, 0.6) is 0 Å². The van der Waals surface area contributed by atoms with Gasteiger partial charge in [0, 0.05) is 101 Å². The van der Waals surface area contributed by atoms with Crippen molar-refractivity contribution >= 4 is 67.9 Å². The molecule has 2 saturated heterocycles. The number of rotatable bonds is 9. The molecule has 0 radical (unpaired) electrons. The summed E-state index contributed by atoms with van der Waals surface area (Å²) >= 11 is 0. The minimum atomic E-state index is -0.584. The van der Waals surface area contributed by atoms with Gasteiger partial charge in [-0.2, -0.15) is 0 Å². The molecule has 10 rings (SSSR count). The highest BCUT2D eigenvalue weighted by atomic mass is 19.1. The van der Waals surface area contributed by atoms with Crippen molar-refractivity contribution in [3.05, 3.63) is 120 Å². The molecule has 0 spiro atoms. The van der Waals surface area contributed by atoms with Gasteiger partial charge in [-0.05, 0) is 52.2 Å². The number of hydrogen-bond donors (Lipinski definition) is 3. The van der Waals surface area contributed by atoms with Crippen LogP contribution in [0, 0.1) is 31.4 Å². The van der Waals surface area contributed by atoms with Crippen molar-refractivity contribution in [2.45, 2.75) is 19.9 Å². The Morgan fingerprint density at radius 3 is 1.92 bits per heavy atom. The number of aromatic nitrogens is 8. The number of halogens is 2. The molecule has 1 atom stereocenters. The Balaban J connectivity index is 0.926. The van der Waals surface area contributed by atoms with E-state index in [1.807, 2.05) is 33.2 Å². The maximum Gasteiger partial charge on any atom is 0.257 e. The fourth-order valence-corrected chi connectivity index (χ4v) is 8.88. The minimum Gasteiger partial charge on any atom is -0.369 e. The van der Waals surface area contributed by atoms with Crippen molar-refractivity contribution in [2.75, 3.05) is 73.8 Å². The second-order valence-electron chi connectivity index (χ2n) is 16.0. The van der Waals surface area contributed by atoms with Gasteiger partial charge < -0.3 is 30.2 Å². The zero-order valence-corrected chi connectivity index (χ0v) is 34.4. The summed E-state index contributed by atoms with van der Waals surface area (Å²) in [5, 5.41) is 8.95. The highest BCUT2D eigenvalue weighted by molar-refractivity contribution is 6.14. The lowest BCUT2D eigenvalue weighted by Gasteiger charge is -2.41. The average molecular weight is 837 g/mol. The van der Waals surface area contributed by atoms with Gasteiger partial charge in [0.25, 0.3) is 11.8 Å². The molecular formula is C44H42F2N14O2. The van der Waals surface area contributed by atoms with Crippen LogP contribution in [0.2, 0.25) is 0 Å². The van der Waals surface area contributed by atoms with Crippen molar-refractivity contribution in [3.63, 3.8) is 0 Å². The maximum absolute atomic E-state index is 16.0. The van der Waals surface area contributed by atoms with Crippen LogP contribution in [0.4, 0.5) is 31.5 Å². The molecule has 8 aromatic rings. The summed E-state index contributed by atoms with van der Waals surface area (Å²) in [6.45, 7) is 8.03. The predicted octanol–water partition coefficient (Wildman–Crippen LogP) is 5.42. The second-order valence-corrected chi connectivity index (χ2v) is 16.0. The summed E-state index contributed by atoms with van der Waals surface area (Å²) in [5.74, 6) is -1.52. The summed E-state index contributed by atoms with van der Waals surface area (Å²) in [7, 11) is 3.96. The Kier molecular flexibility index (Phi) is 9.67. The lowest BCUT2D eigenvalue weighted by molar-refractivity contribution is 0.102. The molecule has 62 heavy (non-hydrogen) atoms. The molecule has 0 aliphatic carbocycles.